The summed E-state index contributed by atoms with van der Waals surface area (Å²) in [6, 6.07) is 0. The van der Waals surface area contributed by atoms with Crippen molar-refractivity contribution in [1.29, 1.82) is 0 Å². The molecule has 0 unspecified atom stereocenters. The monoisotopic (exact) mass is 256 g/mol. The number of amides is 1. The van der Waals surface area contributed by atoms with Gasteiger partial charge in [0, 0.05) is 5.38 Å². The summed E-state index contributed by atoms with van der Waals surface area (Å²) in [5, 5.41) is 3.13. The van der Waals surface area contributed by atoms with Gasteiger partial charge in [-0.05, 0) is 6.26 Å². The molecule has 1 aromatic rings. The average Bonchev–Trinajstić information content (AvgIpc) is 2.52. The summed E-state index contributed by atoms with van der Waals surface area (Å²) in [7, 11) is 0. The molecule has 1 N–H and O–H groups in total. The van der Waals surface area contributed by atoms with E-state index in [1.807, 2.05) is 0 Å². The summed E-state index contributed by atoms with van der Waals surface area (Å²) in [4.78, 5) is 14.3. The molecule has 15 heavy (non-hydrogen) atoms. The van der Waals surface area contributed by atoms with E-state index in [2.05, 4.69) is 10.3 Å². The molecule has 0 spiro atoms. The van der Waals surface area contributed by atoms with E-state index in [1.165, 1.54) is 11.8 Å². The Hall–Kier alpha value is -0.760. The first kappa shape index (κ1) is 12.3. The fourth-order valence-corrected chi connectivity index (χ4v) is 1.82. The van der Waals surface area contributed by atoms with Crippen LogP contribution < -0.4 is 5.32 Å². The Bertz CT molecular complexity index is 350. The van der Waals surface area contributed by atoms with Crippen molar-refractivity contribution in [2.75, 3.05) is 17.3 Å². The molecule has 1 rings (SSSR count). The molecule has 3 nitrogen and oxygen atoms in total. The zero-order valence-corrected chi connectivity index (χ0v) is 9.22. The van der Waals surface area contributed by atoms with Crippen molar-refractivity contribution in [2.45, 2.75) is 6.18 Å². The van der Waals surface area contributed by atoms with E-state index in [0.717, 1.165) is 16.7 Å². The van der Waals surface area contributed by atoms with Gasteiger partial charge in [-0.2, -0.15) is 24.9 Å². The number of nitrogens with one attached hydrogen (secondary N) is 1. The first-order chi connectivity index (χ1) is 6.93. The molecule has 0 aliphatic heterocycles. The molecule has 1 aromatic heterocycles. The molecule has 0 aliphatic carbocycles. The van der Waals surface area contributed by atoms with Crippen LogP contribution in [0.25, 0.3) is 0 Å². The van der Waals surface area contributed by atoms with Gasteiger partial charge in [0.25, 0.3) is 0 Å². The Morgan fingerprint density at radius 2 is 2.33 bits per heavy atom. The van der Waals surface area contributed by atoms with Crippen molar-refractivity contribution >= 4 is 34.1 Å². The van der Waals surface area contributed by atoms with Crippen LogP contribution in [0.3, 0.4) is 0 Å². The lowest BCUT2D eigenvalue weighted by Gasteiger charge is -2.00. The maximum Gasteiger partial charge on any atom is 0.434 e. The lowest BCUT2D eigenvalue weighted by molar-refractivity contribution is -0.140. The highest BCUT2D eigenvalue weighted by Crippen LogP contribution is 2.31. The second-order valence-corrected chi connectivity index (χ2v) is 4.24. The SMILES string of the molecule is CSCC(=O)Nc1nc(C(F)(F)F)cs1. The molecule has 0 saturated carbocycles. The van der Waals surface area contributed by atoms with Gasteiger partial charge < -0.3 is 5.32 Å². The van der Waals surface area contributed by atoms with Crippen molar-refractivity contribution in [1.82, 2.24) is 4.98 Å². The van der Waals surface area contributed by atoms with E-state index < -0.39 is 11.9 Å². The lowest BCUT2D eigenvalue weighted by Crippen LogP contribution is -2.14. The molecule has 0 bridgehead atoms. The molecule has 0 fully saturated rings. The van der Waals surface area contributed by atoms with Gasteiger partial charge in [0.05, 0.1) is 5.75 Å². The number of alkyl halides is 3. The van der Waals surface area contributed by atoms with Crippen molar-refractivity contribution in [2.24, 2.45) is 0 Å². The minimum Gasteiger partial charge on any atom is -0.301 e. The highest BCUT2D eigenvalue weighted by atomic mass is 32.2. The number of rotatable bonds is 3. The number of hydrogen-bond donors (Lipinski definition) is 1. The smallest absolute Gasteiger partial charge is 0.301 e. The van der Waals surface area contributed by atoms with Gasteiger partial charge in [0.15, 0.2) is 10.8 Å². The Kier molecular flexibility index (Phi) is 3.97. The fourth-order valence-electron chi connectivity index (χ4n) is 0.748. The van der Waals surface area contributed by atoms with Crippen LogP contribution in [-0.4, -0.2) is 22.9 Å². The predicted octanol–water partition coefficient (Wildman–Crippen LogP) is 2.46. The minimum atomic E-state index is -4.46. The first-order valence-electron chi connectivity index (χ1n) is 3.75. The molecule has 0 atom stereocenters. The molecule has 84 valence electrons. The van der Waals surface area contributed by atoms with Gasteiger partial charge in [-0.15, -0.1) is 11.3 Å². The van der Waals surface area contributed by atoms with Crippen LogP contribution in [0.15, 0.2) is 5.38 Å². The van der Waals surface area contributed by atoms with E-state index in [9.17, 15) is 18.0 Å². The fraction of sp³-hybridized carbons (Fsp3) is 0.429. The Morgan fingerprint density at radius 3 is 2.80 bits per heavy atom. The van der Waals surface area contributed by atoms with Crippen LogP contribution in [0.5, 0.6) is 0 Å². The van der Waals surface area contributed by atoms with Crippen molar-refractivity contribution in [3.63, 3.8) is 0 Å². The number of anilines is 1. The molecular weight excluding hydrogens is 249 g/mol. The summed E-state index contributed by atoms with van der Waals surface area (Å²) in [5.41, 5.74) is -0.980. The van der Waals surface area contributed by atoms with Crippen LogP contribution in [0.1, 0.15) is 5.69 Å². The number of hydrogen-bond acceptors (Lipinski definition) is 4. The van der Waals surface area contributed by atoms with Crippen molar-refractivity contribution in [3.8, 4) is 0 Å². The maximum absolute atomic E-state index is 12.1. The molecule has 0 aromatic carbocycles. The van der Waals surface area contributed by atoms with Crippen molar-refractivity contribution in [3.05, 3.63) is 11.1 Å². The van der Waals surface area contributed by atoms with Gasteiger partial charge in [0.2, 0.25) is 5.91 Å². The summed E-state index contributed by atoms with van der Waals surface area (Å²) >= 11 is 2.04. The summed E-state index contributed by atoms with van der Waals surface area (Å²) in [6.07, 6.45) is -2.73. The third-order valence-electron chi connectivity index (χ3n) is 1.32. The topological polar surface area (TPSA) is 42.0 Å². The number of carbonyl (C=O) groups excluding carboxylic acids is 1. The number of carbonyl (C=O) groups is 1. The first-order valence-corrected chi connectivity index (χ1v) is 6.02. The zero-order chi connectivity index (χ0) is 11.5. The molecule has 1 heterocycles. The largest absolute Gasteiger partial charge is 0.434 e. The minimum absolute atomic E-state index is 0.0265. The highest BCUT2D eigenvalue weighted by molar-refractivity contribution is 7.99. The number of aromatic nitrogens is 1. The lowest BCUT2D eigenvalue weighted by atomic mass is 10.5. The van der Waals surface area contributed by atoms with Gasteiger partial charge in [-0.1, -0.05) is 0 Å². The number of thiazole rings is 1. The van der Waals surface area contributed by atoms with Gasteiger partial charge in [0.1, 0.15) is 0 Å². The third-order valence-corrected chi connectivity index (χ3v) is 2.62. The quantitative estimate of drug-likeness (QED) is 0.903. The number of halogens is 3. The molecule has 0 radical (unpaired) electrons. The van der Waals surface area contributed by atoms with E-state index in [0.29, 0.717) is 0 Å². The average molecular weight is 256 g/mol. The number of nitrogens with zero attached hydrogens (tertiary/aromatic N) is 1. The second-order valence-electron chi connectivity index (χ2n) is 2.52. The van der Waals surface area contributed by atoms with Crippen LogP contribution in [0, 0.1) is 0 Å². The van der Waals surface area contributed by atoms with Gasteiger partial charge in [-0.25, -0.2) is 4.98 Å². The standard InChI is InChI=1S/C7H7F3N2OS2/c1-14-3-5(13)12-6-11-4(2-15-6)7(8,9)10/h2H,3H2,1H3,(H,11,12,13). The second kappa shape index (κ2) is 4.84. The Balaban J connectivity index is 2.65. The van der Waals surface area contributed by atoms with Crippen LogP contribution >= 0.6 is 23.1 Å². The molecule has 0 saturated heterocycles. The van der Waals surface area contributed by atoms with Gasteiger partial charge in [-0.3, -0.25) is 4.79 Å². The van der Waals surface area contributed by atoms with E-state index in [4.69, 9.17) is 0 Å². The molecule has 0 aliphatic rings. The Labute approximate surface area is 92.1 Å². The highest BCUT2D eigenvalue weighted by Gasteiger charge is 2.33. The van der Waals surface area contributed by atoms with Gasteiger partial charge >= 0.3 is 6.18 Å². The van der Waals surface area contributed by atoms with E-state index >= 15 is 0 Å². The third kappa shape index (κ3) is 3.71. The summed E-state index contributed by atoms with van der Waals surface area (Å²) in [6.45, 7) is 0. The maximum atomic E-state index is 12.1. The summed E-state index contributed by atoms with van der Waals surface area (Å²) < 4.78 is 36.3. The molecule has 1 amide bonds. The van der Waals surface area contributed by atoms with Crippen LogP contribution in [-0.2, 0) is 11.0 Å². The van der Waals surface area contributed by atoms with Crippen LogP contribution in [0.4, 0.5) is 18.3 Å². The molecule has 8 heteroatoms. The number of thioether (sulfide) groups is 1. The van der Waals surface area contributed by atoms with E-state index in [-0.39, 0.29) is 16.8 Å². The Morgan fingerprint density at radius 1 is 1.67 bits per heavy atom. The normalized spacial score (nSPS) is 11.5. The van der Waals surface area contributed by atoms with Crippen molar-refractivity contribution < 1.29 is 18.0 Å². The predicted molar refractivity (Wildman–Crippen MR) is 54.1 cm³/mol. The zero-order valence-electron chi connectivity index (χ0n) is 7.59. The van der Waals surface area contributed by atoms with Crippen LogP contribution in [0.2, 0.25) is 0 Å². The molecular formula is C7H7F3N2OS2. The summed E-state index contributed by atoms with van der Waals surface area (Å²) in [5.74, 6) is -0.161. The van der Waals surface area contributed by atoms with E-state index in [1.54, 1.807) is 6.26 Å².